The minimum Gasteiger partial charge on any atom is -0.494 e. The third-order valence-corrected chi connectivity index (χ3v) is 6.57. The molecule has 0 saturated carbocycles. The number of ether oxygens (including phenoxy) is 1. The van der Waals surface area contributed by atoms with E-state index in [-0.39, 0.29) is 0 Å². The Morgan fingerprint density at radius 3 is 2.35 bits per heavy atom. The monoisotopic (exact) mass is 460 g/mol. The molecule has 0 saturated heterocycles. The van der Waals surface area contributed by atoms with Crippen molar-refractivity contribution in [3.05, 3.63) is 54.1 Å². The molecule has 2 aromatic carbocycles. The quantitative estimate of drug-likeness (QED) is 0.550. The highest BCUT2D eigenvalue weighted by molar-refractivity contribution is 7.92. The van der Waals surface area contributed by atoms with E-state index < -0.39 is 22.0 Å². The molecule has 0 fully saturated rings. The third kappa shape index (κ3) is 5.59. The Hall–Kier alpha value is -2.98. The van der Waals surface area contributed by atoms with Crippen molar-refractivity contribution in [3.63, 3.8) is 0 Å². The van der Waals surface area contributed by atoms with Gasteiger partial charge < -0.3 is 4.74 Å². The van der Waals surface area contributed by atoms with Gasteiger partial charge in [-0.05, 0) is 45.0 Å². The minimum atomic E-state index is -3.72. The largest absolute Gasteiger partial charge is 0.494 e. The van der Waals surface area contributed by atoms with Crippen LogP contribution in [-0.2, 0) is 14.8 Å². The number of rotatable bonds is 8. The van der Waals surface area contributed by atoms with Gasteiger partial charge in [-0.2, -0.15) is 0 Å². The van der Waals surface area contributed by atoms with Gasteiger partial charge in [0.2, 0.25) is 21.1 Å². The highest BCUT2D eigenvalue weighted by atomic mass is 32.2. The highest BCUT2D eigenvalue weighted by Crippen LogP contribution is 2.28. The Balaban J connectivity index is 1.78. The van der Waals surface area contributed by atoms with E-state index >= 15 is 0 Å². The van der Waals surface area contributed by atoms with Gasteiger partial charge in [-0.3, -0.25) is 14.4 Å². The van der Waals surface area contributed by atoms with Gasteiger partial charge >= 0.3 is 0 Å². The molecule has 0 aliphatic heterocycles. The zero-order chi connectivity index (χ0) is 22.6. The Morgan fingerprint density at radius 2 is 1.77 bits per heavy atom. The number of aromatic nitrogens is 2. The number of hydrogen-bond acceptors (Lipinski definition) is 7. The first-order valence-corrected chi connectivity index (χ1v) is 12.3. The molecule has 0 spiro atoms. The first-order chi connectivity index (χ1) is 14.7. The van der Waals surface area contributed by atoms with Crippen molar-refractivity contribution in [2.75, 3.05) is 22.5 Å². The van der Waals surface area contributed by atoms with Crippen molar-refractivity contribution in [1.82, 2.24) is 10.2 Å². The molecule has 0 aliphatic rings. The fourth-order valence-electron chi connectivity index (χ4n) is 2.96. The molecule has 0 unspecified atom stereocenters. The van der Waals surface area contributed by atoms with Gasteiger partial charge in [-0.25, -0.2) is 8.42 Å². The lowest BCUT2D eigenvalue weighted by Gasteiger charge is -2.28. The van der Waals surface area contributed by atoms with E-state index in [0.29, 0.717) is 28.2 Å². The molecule has 164 valence electrons. The maximum atomic E-state index is 12.8. The molecule has 0 bridgehead atoms. The van der Waals surface area contributed by atoms with Crippen LogP contribution in [0.1, 0.15) is 19.4 Å². The summed E-state index contributed by atoms with van der Waals surface area (Å²) in [5.74, 6) is 0.111. The Labute approximate surface area is 185 Å². The standard InChI is InChI=1S/C21H24N4O4S2/c1-5-29-18-12-10-17(11-13-18)25(31(4,27)28)15(3)19(26)22-21-24-23-20(30-21)16-8-6-14(2)7-9-16/h6-13,15H,5H2,1-4H3,(H,22,24,26)/t15-/m0/s1. The molecule has 3 aromatic rings. The van der Waals surface area contributed by atoms with Crippen molar-refractivity contribution in [1.29, 1.82) is 0 Å². The molecule has 1 heterocycles. The molecule has 8 nitrogen and oxygen atoms in total. The van der Waals surface area contributed by atoms with Crippen LogP contribution in [-0.4, -0.2) is 43.4 Å². The molecule has 3 rings (SSSR count). The minimum absolute atomic E-state index is 0.299. The van der Waals surface area contributed by atoms with E-state index in [0.717, 1.165) is 21.7 Å². The van der Waals surface area contributed by atoms with E-state index in [4.69, 9.17) is 4.74 Å². The van der Waals surface area contributed by atoms with Gasteiger partial charge in [0, 0.05) is 5.56 Å². The lowest BCUT2D eigenvalue weighted by Crippen LogP contribution is -2.45. The molecule has 1 amide bonds. The third-order valence-electron chi connectivity index (χ3n) is 4.44. The maximum Gasteiger partial charge on any atom is 0.249 e. The Kier molecular flexibility index (Phi) is 6.91. The van der Waals surface area contributed by atoms with Crippen molar-refractivity contribution in [3.8, 4) is 16.3 Å². The molecule has 1 aromatic heterocycles. The van der Waals surface area contributed by atoms with Gasteiger partial charge in [0.1, 0.15) is 16.8 Å². The number of hydrogen-bond donors (Lipinski definition) is 1. The van der Waals surface area contributed by atoms with E-state index in [1.165, 1.54) is 18.3 Å². The Morgan fingerprint density at radius 1 is 1.13 bits per heavy atom. The summed E-state index contributed by atoms with van der Waals surface area (Å²) in [6.07, 6.45) is 1.06. The molecular formula is C21H24N4O4S2. The summed E-state index contributed by atoms with van der Waals surface area (Å²) in [4.78, 5) is 12.8. The molecular weight excluding hydrogens is 436 g/mol. The topological polar surface area (TPSA) is 101 Å². The molecule has 1 atom stereocenters. The number of carbonyl (C=O) groups is 1. The van der Waals surface area contributed by atoms with E-state index in [2.05, 4.69) is 15.5 Å². The predicted octanol–water partition coefficient (Wildman–Crippen LogP) is 3.71. The first-order valence-electron chi connectivity index (χ1n) is 9.62. The number of nitrogens with one attached hydrogen (secondary N) is 1. The number of aryl methyl sites for hydroxylation is 1. The van der Waals surface area contributed by atoms with Gasteiger partial charge in [0.05, 0.1) is 18.6 Å². The fourth-order valence-corrected chi connectivity index (χ4v) is 4.89. The fraction of sp³-hybridized carbons (Fsp3) is 0.286. The average Bonchev–Trinajstić information content (AvgIpc) is 3.17. The van der Waals surface area contributed by atoms with E-state index in [1.807, 2.05) is 38.1 Å². The highest BCUT2D eigenvalue weighted by Gasteiger charge is 2.29. The summed E-state index contributed by atoms with van der Waals surface area (Å²) < 4.78 is 31.4. The van der Waals surface area contributed by atoms with Gasteiger partial charge in [-0.1, -0.05) is 41.2 Å². The van der Waals surface area contributed by atoms with Crippen LogP contribution in [0.3, 0.4) is 0 Å². The second-order valence-electron chi connectivity index (χ2n) is 6.93. The van der Waals surface area contributed by atoms with Crippen molar-refractivity contribution in [2.24, 2.45) is 0 Å². The second kappa shape index (κ2) is 9.44. The molecule has 0 aliphatic carbocycles. The normalized spacial score (nSPS) is 12.3. The number of anilines is 2. The first kappa shape index (κ1) is 22.7. The maximum absolute atomic E-state index is 12.8. The van der Waals surface area contributed by atoms with Crippen LogP contribution < -0.4 is 14.4 Å². The van der Waals surface area contributed by atoms with Gasteiger partial charge in [0.25, 0.3) is 0 Å². The van der Waals surface area contributed by atoms with E-state index in [9.17, 15) is 13.2 Å². The van der Waals surface area contributed by atoms with Crippen LogP contribution in [0.25, 0.3) is 10.6 Å². The summed E-state index contributed by atoms with van der Waals surface area (Å²) in [6, 6.07) is 13.4. The number of sulfonamides is 1. The smallest absolute Gasteiger partial charge is 0.249 e. The average molecular weight is 461 g/mol. The van der Waals surface area contributed by atoms with E-state index in [1.54, 1.807) is 24.3 Å². The van der Waals surface area contributed by atoms with Crippen molar-refractivity contribution >= 4 is 38.1 Å². The van der Waals surface area contributed by atoms with Crippen LogP contribution in [0.2, 0.25) is 0 Å². The van der Waals surface area contributed by atoms with Crippen LogP contribution in [0.5, 0.6) is 5.75 Å². The number of nitrogens with zero attached hydrogens (tertiary/aromatic N) is 3. The molecule has 31 heavy (non-hydrogen) atoms. The van der Waals surface area contributed by atoms with Gasteiger partial charge in [0.15, 0.2) is 0 Å². The van der Waals surface area contributed by atoms with Crippen LogP contribution in [0.4, 0.5) is 10.8 Å². The summed E-state index contributed by atoms with van der Waals surface area (Å²) in [6.45, 7) is 5.88. The summed E-state index contributed by atoms with van der Waals surface area (Å²) >= 11 is 1.22. The number of amides is 1. The SMILES string of the molecule is CCOc1ccc(N([C@@H](C)C(=O)Nc2nnc(-c3ccc(C)cc3)s2)S(C)(=O)=O)cc1. The van der Waals surface area contributed by atoms with Crippen LogP contribution >= 0.6 is 11.3 Å². The lowest BCUT2D eigenvalue weighted by molar-refractivity contribution is -0.116. The van der Waals surface area contributed by atoms with Crippen molar-refractivity contribution < 1.29 is 17.9 Å². The number of benzene rings is 2. The summed E-state index contributed by atoms with van der Waals surface area (Å²) in [5, 5.41) is 11.8. The Bertz CT molecular complexity index is 1140. The predicted molar refractivity (Wildman–Crippen MR) is 123 cm³/mol. The lowest BCUT2D eigenvalue weighted by atomic mass is 10.2. The zero-order valence-electron chi connectivity index (χ0n) is 17.7. The van der Waals surface area contributed by atoms with Crippen LogP contribution in [0, 0.1) is 6.92 Å². The second-order valence-corrected chi connectivity index (χ2v) is 9.77. The zero-order valence-corrected chi connectivity index (χ0v) is 19.3. The molecule has 10 heteroatoms. The van der Waals surface area contributed by atoms with Crippen molar-refractivity contribution in [2.45, 2.75) is 26.8 Å². The number of carbonyl (C=O) groups excluding carboxylic acids is 1. The van der Waals surface area contributed by atoms with Crippen LogP contribution in [0.15, 0.2) is 48.5 Å². The molecule has 1 N–H and O–H groups in total. The summed E-state index contributed by atoms with van der Waals surface area (Å²) in [5.41, 5.74) is 2.39. The summed E-state index contributed by atoms with van der Waals surface area (Å²) in [7, 11) is -3.72. The molecule has 0 radical (unpaired) electrons. The van der Waals surface area contributed by atoms with Gasteiger partial charge in [-0.15, -0.1) is 10.2 Å².